The van der Waals surface area contributed by atoms with E-state index in [1.54, 1.807) is 24.0 Å². The zero-order chi connectivity index (χ0) is 12.1. The third kappa shape index (κ3) is 3.20. The Balaban J connectivity index is 2.09. The molecule has 0 amide bonds. The maximum Gasteiger partial charge on any atom is 0.161 e. The highest BCUT2D eigenvalue weighted by molar-refractivity contribution is 9.08. The monoisotopic (exact) mass is 313 g/mol. The molecular weight excluding hydrogens is 302 g/mol. The van der Waals surface area contributed by atoms with E-state index in [-0.39, 0.29) is 0 Å². The normalized spacial score (nSPS) is 10.2. The van der Waals surface area contributed by atoms with Gasteiger partial charge in [0.25, 0.3) is 0 Å². The number of alkyl halides is 1. The number of hydrogen-bond acceptors (Lipinski definition) is 4. The molecule has 2 rings (SSSR count). The van der Waals surface area contributed by atoms with Crippen molar-refractivity contribution in [1.29, 1.82) is 0 Å². The van der Waals surface area contributed by atoms with Gasteiger partial charge in [0.1, 0.15) is 6.61 Å². The third-order valence-electron chi connectivity index (χ3n) is 2.24. The second kappa shape index (κ2) is 6.02. The van der Waals surface area contributed by atoms with Crippen LogP contribution in [0.25, 0.3) is 0 Å². The molecule has 0 aliphatic carbocycles. The van der Waals surface area contributed by atoms with Gasteiger partial charge < -0.3 is 9.47 Å². The minimum atomic E-state index is 0.523. The quantitative estimate of drug-likeness (QED) is 0.790. The lowest BCUT2D eigenvalue weighted by atomic mass is 10.2. The van der Waals surface area contributed by atoms with E-state index in [1.165, 1.54) is 0 Å². The zero-order valence-corrected chi connectivity index (χ0v) is 11.8. The minimum Gasteiger partial charge on any atom is -0.493 e. The van der Waals surface area contributed by atoms with Gasteiger partial charge in [-0.15, -0.1) is 11.3 Å². The molecule has 0 saturated heterocycles. The van der Waals surface area contributed by atoms with Gasteiger partial charge in [-0.25, -0.2) is 0 Å². The van der Waals surface area contributed by atoms with E-state index in [2.05, 4.69) is 20.9 Å². The summed E-state index contributed by atoms with van der Waals surface area (Å²) in [5, 5.41) is 0.804. The SMILES string of the molecule is COc1cc(CBr)ccc1OCc1cncs1. The second-order valence-electron chi connectivity index (χ2n) is 3.38. The number of thiazole rings is 1. The number of methoxy groups -OCH3 is 1. The summed E-state index contributed by atoms with van der Waals surface area (Å²) in [6.45, 7) is 0.523. The molecule has 0 radical (unpaired) electrons. The fourth-order valence-corrected chi connectivity index (χ4v) is 2.23. The first-order valence-corrected chi connectivity index (χ1v) is 7.06. The van der Waals surface area contributed by atoms with Crippen molar-refractivity contribution in [3.05, 3.63) is 40.3 Å². The lowest BCUT2D eigenvalue weighted by Gasteiger charge is -2.10. The van der Waals surface area contributed by atoms with Gasteiger partial charge in [0.05, 0.1) is 17.5 Å². The predicted molar refractivity (Wildman–Crippen MR) is 72.1 cm³/mol. The van der Waals surface area contributed by atoms with E-state index in [0.29, 0.717) is 6.61 Å². The minimum absolute atomic E-state index is 0.523. The first-order chi connectivity index (χ1) is 8.33. The summed E-state index contributed by atoms with van der Waals surface area (Å²) in [6, 6.07) is 5.91. The van der Waals surface area contributed by atoms with Crippen LogP contribution in [0.4, 0.5) is 0 Å². The van der Waals surface area contributed by atoms with E-state index in [9.17, 15) is 0 Å². The molecule has 0 bridgehead atoms. The maximum absolute atomic E-state index is 5.70. The number of benzene rings is 1. The highest BCUT2D eigenvalue weighted by atomic mass is 79.9. The van der Waals surface area contributed by atoms with Crippen LogP contribution in [-0.2, 0) is 11.9 Å². The van der Waals surface area contributed by atoms with Gasteiger partial charge >= 0.3 is 0 Å². The van der Waals surface area contributed by atoms with Gasteiger partial charge in [0, 0.05) is 11.5 Å². The summed E-state index contributed by atoms with van der Waals surface area (Å²) in [5.41, 5.74) is 2.95. The predicted octanol–water partition coefficient (Wildman–Crippen LogP) is 3.63. The molecule has 1 aromatic carbocycles. The molecule has 0 spiro atoms. The van der Waals surface area contributed by atoms with Crippen LogP contribution < -0.4 is 9.47 Å². The van der Waals surface area contributed by atoms with Crippen molar-refractivity contribution in [2.45, 2.75) is 11.9 Å². The Hall–Kier alpha value is -1.07. The maximum atomic E-state index is 5.70. The van der Waals surface area contributed by atoms with Crippen LogP contribution in [0.2, 0.25) is 0 Å². The largest absolute Gasteiger partial charge is 0.493 e. The molecule has 5 heteroatoms. The van der Waals surface area contributed by atoms with Crippen LogP contribution >= 0.6 is 27.3 Å². The highest BCUT2D eigenvalue weighted by Crippen LogP contribution is 2.29. The summed E-state index contributed by atoms with van der Waals surface area (Å²) in [6.07, 6.45) is 1.81. The molecule has 0 fully saturated rings. The number of nitrogens with zero attached hydrogens (tertiary/aromatic N) is 1. The van der Waals surface area contributed by atoms with Crippen molar-refractivity contribution in [3.63, 3.8) is 0 Å². The van der Waals surface area contributed by atoms with Crippen molar-refractivity contribution in [3.8, 4) is 11.5 Å². The zero-order valence-electron chi connectivity index (χ0n) is 9.35. The summed E-state index contributed by atoms with van der Waals surface area (Å²) >= 11 is 4.99. The average molecular weight is 314 g/mol. The second-order valence-corrected chi connectivity index (χ2v) is 4.91. The molecule has 0 unspecified atom stereocenters. The fourth-order valence-electron chi connectivity index (χ4n) is 1.38. The van der Waals surface area contributed by atoms with Gasteiger partial charge in [-0.1, -0.05) is 22.0 Å². The van der Waals surface area contributed by atoms with Crippen LogP contribution in [0.3, 0.4) is 0 Å². The van der Waals surface area contributed by atoms with Gasteiger partial charge in [-0.3, -0.25) is 4.98 Å². The third-order valence-corrected chi connectivity index (χ3v) is 3.64. The molecular formula is C12H12BrNO2S. The number of ether oxygens (including phenoxy) is 2. The molecule has 1 heterocycles. The van der Waals surface area contributed by atoms with Crippen molar-refractivity contribution in [1.82, 2.24) is 4.98 Å². The summed E-state index contributed by atoms with van der Waals surface area (Å²) in [4.78, 5) is 5.10. The van der Waals surface area contributed by atoms with E-state index in [1.807, 2.05) is 24.4 Å². The summed E-state index contributed by atoms with van der Waals surface area (Å²) in [7, 11) is 1.65. The van der Waals surface area contributed by atoms with Crippen LogP contribution in [0.15, 0.2) is 29.9 Å². The molecule has 2 aromatic rings. The van der Waals surface area contributed by atoms with Gasteiger partial charge in [-0.2, -0.15) is 0 Å². The Labute approximate surface area is 113 Å². The summed E-state index contributed by atoms with van der Waals surface area (Å²) < 4.78 is 11.0. The molecule has 17 heavy (non-hydrogen) atoms. The molecule has 0 N–H and O–H groups in total. The Morgan fingerprint density at radius 3 is 2.88 bits per heavy atom. The molecule has 3 nitrogen and oxygen atoms in total. The van der Waals surface area contributed by atoms with Gasteiger partial charge in [0.2, 0.25) is 0 Å². The van der Waals surface area contributed by atoms with E-state index >= 15 is 0 Å². The molecule has 90 valence electrons. The Morgan fingerprint density at radius 1 is 1.35 bits per heavy atom. The fraction of sp³-hybridized carbons (Fsp3) is 0.250. The lowest BCUT2D eigenvalue weighted by molar-refractivity contribution is 0.287. The Kier molecular flexibility index (Phi) is 4.39. The van der Waals surface area contributed by atoms with Crippen LogP contribution in [0, 0.1) is 0 Å². The van der Waals surface area contributed by atoms with Crippen LogP contribution in [0.5, 0.6) is 11.5 Å². The number of rotatable bonds is 5. The first-order valence-electron chi connectivity index (χ1n) is 5.06. The van der Waals surface area contributed by atoms with Crippen LogP contribution in [-0.4, -0.2) is 12.1 Å². The van der Waals surface area contributed by atoms with E-state index in [0.717, 1.165) is 27.3 Å². The Morgan fingerprint density at radius 2 is 2.24 bits per heavy atom. The molecule has 0 aliphatic rings. The van der Waals surface area contributed by atoms with Crippen molar-refractivity contribution < 1.29 is 9.47 Å². The molecule has 0 atom stereocenters. The average Bonchev–Trinajstić information content (AvgIpc) is 2.89. The number of aromatic nitrogens is 1. The summed E-state index contributed by atoms with van der Waals surface area (Å²) in [5.74, 6) is 1.51. The van der Waals surface area contributed by atoms with Crippen molar-refractivity contribution in [2.75, 3.05) is 7.11 Å². The van der Waals surface area contributed by atoms with Gasteiger partial charge in [-0.05, 0) is 17.7 Å². The molecule has 1 aromatic heterocycles. The van der Waals surface area contributed by atoms with Gasteiger partial charge in [0.15, 0.2) is 11.5 Å². The standard InChI is InChI=1S/C12H12BrNO2S/c1-15-12-4-9(5-13)2-3-11(12)16-7-10-6-14-8-17-10/h2-4,6,8H,5,7H2,1H3. The van der Waals surface area contributed by atoms with Crippen molar-refractivity contribution in [2.24, 2.45) is 0 Å². The van der Waals surface area contributed by atoms with Crippen molar-refractivity contribution >= 4 is 27.3 Å². The smallest absolute Gasteiger partial charge is 0.161 e. The molecule has 0 aliphatic heterocycles. The van der Waals surface area contributed by atoms with E-state index in [4.69, 9.17) is 9.47 Å². The highest BCUT2D eigenvalue weighted by Gasteiger charge is 2.06. The number of hydrogen-bond donors (Lipinski definition) is 0. The molecule has 0 saturated carbocycles. The number of halogens is 1. The Bertz CT molecular complexity index is 473. The van der Waals surface area contributed by atoms with E-state index < -0.39 is 0 Å². The first kappa shape index (κ1) is 12.4. The topological polar surface area (TPSA) is 31.4 Å². The lowest BCUT2D eigenvalue weighted by Crippen LogP contribution is -1.96. The van der Waals surface area contributed by atoms with Crippen LogP contribution in [0.1, 0.15) is 10.4 Å².